The van der Waals surface area contributed by atoms with Crippen LogP contribution in [-0.2, 0) is 4.74 Å². The van der Waals surface area contributed by atoms with Crippen LogP contribution in [-0.4, -0.2) is 45.9 Å². The Morgan fingerprint density at radius 3 is 2.88 bits per heavy atom. The summed E-state index contributed by atoms with van der Waals surface area (Å²) < 4.78 is 7.51. The fourth-order valence-corrected chi connectivity index (χ4v) is 3.88. The first-order valence-electron chi connectivity index (χ1n) is 8.42. The minimum atomic E-state index is 0.309. The van der Waals surface area contributed by atoms with E-state index in [0.29, 0.717) is 11.2 Å². The van der Waals surface area contributed by atoms with Crippen LogP contribution < -0.4 is 4.90 Å². The van der Waals surface area contributed by atoms with E-state index in [1.807, 2.05) is 22.7 Å². The molecule has 2 fully saturated rings. The monoisotopic (exact) mass is 321 g/mol. The van der Waals surface area contributed by atoms with Crippen molar-refractivity contribution in [3.63, 3.8) is 0 Å². The summed E-state index contributed by atoms with van der Waals surface area (Å²) in [4.78, 5) is 11.4. The molecule has 5 rings (SSSR count). The number of aromatic nitrogens is 4. The Balaban J connectivity index is 1.59. The standard InChI is InChI=1S/C18H19N5O/c1-2-4-14(5-3-1)15-10-16(23-17(21-15)19-13-20-23)22-8-6-18(11-22)7-9-24-12-18/h1-5,10,13H,6-9,11-12H2/t18-/m1/s1. The zero-order valence-corrected chi connectivity index (χ0v) is 13.4. The van der Waals surface area contributed by atoms with Gasteiger partial charge in [0.2, 0.25) is 0 Å². The third-order valence-electron chi connectivity index (χ3n) is 5.25. The molecule has 6 nitrogen and oxygen atoms in total. The van der Waals surface area contributed by atoms with Crippen molar-refractivity contribution >= 4 is 11.6 Å². The lowest BCUT2D eigenvalue weighted by Gasteiger charge is -2.23. The van der Waals surface area contributed by atoms with Gasteiger partial charge < -0.3 is 9.64 Å². The van der Waals surface area contributed by atoms with Crippen molar-refractivity contribution in [3.8, 4) is 11.3 Å². The van der Waals surface area contributed by atoms with Gasteiger partial charge in [0.05, 0.1) is 12.3 Å². The molecule has 122 valence electrons. The van der Waals surface area contributed by atoms with Gasteiger partial charge in [0.1, 0.15) is 12.1 Å². The molecule has 3 aromatic rings. The summed E-state index contributed by atoms with van der Waals surface area (Å²) in [7, 11) is 0. The summed E-state index contributed by atoms with van der Waals surface area (Å²) in [5.41, 5.74) is 2.35. The zero-order chi connectivity index (χ0) is 16.0. The average Bonchev–Trinajstić information content (AvgIpc) is 3.37. The van der Waals surface area contributed by atoms with Gasteiger partial charge in [-0.3, -0.25) is 0 Å². The van der Waals surface area contributed by atoms with E-state index in [1.54, 1.807) is 6.33 Å². The lowest BCUT2D eigenvalue weighted by Crippen LogP contribution is -2.28. The SMILES string of the molecule is c1ccc(-c2cc(N3CC[C@@]4(CCOC4)C3)n3ncnc3n2)cc1. The van der Waals surface area contributed by atoms with Crippen LogP contribution in [0.15, 0.2) is 42.7 Å². The minimum absolute atomic E-state index is 0.309. The lowest BCUT2D eigenvalue weighted by molar-refractivity contribution is 0.160. The molecule has 0 aliphatic carbocycles. The van der Waals surface area contributed by atoms with E-state index in [2.05, 4.69) is 38.2 Å². The summed E-state index contributed by atoms with van der Waals surface area (Å²) in [5.74, 6) is 1.72. The van der Waals surface area contributed by atoms with Gasteiger partial charge in [-0.05, 0) is 12.8 Å². The first-order valence-corrected chi connectivity index (χ1v) is 8.42. The number of hydrogen-bond donors (Lipinski definition) is 0. The highest BCUT2D eigenvalue weighted by atomic mass is 16.5. The van der Waals surface area contributed by atoms with Crippen LogP contribution in [0.2, 0.25) is 0 Å². The summed E-state index contributed by atoms with van der Waals surface area (Å²) in [6, 6.07) is 12.4. The maximum Gasteiger partial charge on any atom is 0.254 e. The molecule has 6 heteroatoms. The maximum atomic E-state index is 5.66. The molecule has 1 atom stereocenters. The largest absolute Gasteiger partial charge is 0.381 e. The number of ether oxygens (including phenoxy) is 1. The molecule has 1 spiro atoms. The summed E-state index contributed by atoms with van der Waals surface area (Å²) in [5, 5.41) is 4.38. The molecule has 0 radical (unpaired) electrons. The molecule has 0 saturated carbocycles. The van der Waals surface area contributed by atoms with E-state index in [1.165, 1.54) is 6.42 Å². The van der Waals surface area contributed by atoms with Crippen LogP contribution in [0.3, 0.4) is 0 Å². The molecule has 4 heterocycles. The molecule has 0 unspecified atom stereocenters. The van der Waals surface area contributed by atoms with Crippen LogP contribution in [0.5, 0.6) is 0 Å². The number of anilines is 1. The summed E-state index contributed by atoms with van der Waals surface area (Å²) >= 11 is 0. The molecule has 2 aliphatic rings. The van der Waals surface area contributed by atoms with E-state index in [9.17, 15) is 0 Å². The van der Waals surface area contributed by atoms with E-state index in [4.69, 9.17) is 4.74 Å². The van der Waals surface area contributed by atoms with E-state index < -0.39 is 0 Å². The van der Waals surface area contributed by atoms with Crippen LogP contribution >= 0.6 is 0 Å². The normalized spacial score (nSPS) is 23.6. The summed E-state index contributed by atoms with van der Waals surface area (Å²) in [6.07, 6.45) is 3.90. The van der Waals surface area contributed by atoms with Crippen LogP contribution in [0.1, 0.15) is 12.8 Å². The molecule has 1 aromatic carbocycles. The number of hydrogen-bond acceptors (Lipinski definition) is 5. The first-order chi connectivity index (χ1) is 11.8. The zero-order valence-electron chi connectivity index (χ0n) is 13.4. The molecule has 0 bridgehead atoms. The number of benzene rings is 1. The molecule has 2 aromatic heterocycles. The van der Waals surface area contributed by atoms with Crippen molar-refractivity contribution in [1.29, 1.82) is 0 Å². The maximum absolute atomic E-state index is 5.66. The number of nitrogens with zero attached hydrogens (tertiary/aromatic N) is 5. The Kier molecular flexibility index (Phi) is 3.06. The smallest absolute Gasteiger partial charge is 0.254 e. The Bertz CT molecular complexity index is 870. The van der Waals surface area contributed by atoms with E-state index in [-0.39, 0.29) is 0 Å². The van der Waals surface area contributed by atoms with Gasteiger partial charge >= 0.3 is 0 Å². The molecule has 2 saturated heterocycles. The van der Waals surface area contributed by atoms with Gasteiger partial charge in [-0.2, -0.15) is 14.6 Å². The summed E-state index contributed by atoms with van der Waals surface area (Å²) in [6.45, 7) is 3.80. The van der Waals surface area contributed by atoms with Crippen molar-refractivity contribution in [1.82, 2.24) is 19.6 Å². The van der Waals surface area contributed by atoms with Gasteiger partial charge in [-0.15, -0.1) is 0 Å². The van der Waals surface area contributed by atoms with Crippen molar-refractivity contribution < 1.29 is 4.74 Å². The fourth-order valence-electron chi connectivity index (χ4n) is 3.88. The van der Waals surface area contributed by atoms with Crippen LogP contribution in [0, 0.1) is 5.41 Å². The highest BCUT2D eigenvalue weighted by Crippen LogP contribution is 2.40. The second-order valence-electron chi connectivity index (χ2n) is 6.81. The molecule has 2 aliphatic heterocycles. The van der Waals surface area contributed by atoms with Gasteiger partial charge in [-0.1, -0.05) is 30.3 Å². The van der Waals surface area contributed by atoms with Crippen molar-refractivity contribution in [2.45, 2.75) is 12.8 Å². The van der Waals surface area contributed by atoms with Crippen molar-refractivity contribution in [3.05, 3.63) is 42.7 Å². The highest BCUT2D eigenvalue weighted by molar-refractivity contribution is 5.66. The highest BCUT2D eigenvalue weighted by Gasteiger charge is 2.42. The first kappa shape index (κ1) is 13.9. The Morgan fingerprint density at radius 1 is 1.12 bits per heavy atom. The predicted octanol–water partition coefficient (Wildman–Crippen LogP) is 2.41. The lowest BCUT2D eigenvalue weighted by atomic mass is 9.87. The molecular weight excluding hydrogens is 302 g/mol. The van der Waals surface area contributed by atoms with Gasteiger partial charge in [0.15, 0.2) is 0 Å². The second-order valence-corrected chi connectivity index (χ2v) is 6.81. The molecule has 24 heavy (non-hydrogen) atoms. The second kappa shape index (κ2) is 5.27. The van der Waals surface area contributed by atoms with E-state index in [0.717, 1.165) is 49.8 Å². The van der Waals surface area contributed by atoms with Crippen molar-refractivity contribution in [2.75, 3.05) is 31.2 Å². The predicted molar refractivity (Wildman–Crippen MR) is 90.9 cm³/mol. The van der Waals surface area contributed by atoms with Gasteiger partial charge in [0.25, 0.3) is 5.78 Å². The fraction of sp³-hybridized carbons (Fsp3) is 0.389. The molecule has 0 N–H and O–H groups in total. The van der Waals surface area contributed by atoms with Gasteiger partial charge in [-0.25, -0.2) is 4.98 Å². The average molecular weight is 321 g/mol. The van der Waals surface area contributed by atoms with E-state index >= 15 is 0 Å². The third kappa shape index (κ3) is 2.17. The Labute approximate surface area is 140 Å². The topological polar surface area (TPSA) is 55.6 Å². The number of fused-ring (bicyclic) bond motifs is 1. The van der Waals surface area contributed by atoms with Crippen molar-refractivity contribution in [2.24, 2.45) is 5.41 Å². The molecule has 0 amide bonds. The molecular formula is C18H19N5O. The Hall–Kier alpha value is -2.47. The van der Waals surface area contributed by atoms with Crippen LogP contribution in [0.25, 0.3) is 17.0 Å². The third-order valence-corrected chi connectivity index (χ3v) is 5.25. The minimum Gasteiger partial charge on any atom is -0.381 e. The van der Waals surface area contributed by atoms with Gasteiger partial charge in [0, 0.05) is 36.7 Å². The Morgan fingerprint density at radius 2 is 2.04 bits per heavy atom. The quantitative estimate of drug-likeness (QED) is 0.725. The van der Waals surface area contributed by atoms with Crippen LogP contribution in [0.4, 0.5) is 5.82 Å². The number of rotatable bonds is 2.